The molecule has 2 aromatic carbocycles. The Morgan fingerprint density at radius 1 is 1.22 bits per heavy atom. The number of fused-ring (bicyclic) bond motifs is 1. The van der Waals surface area contributed by atoms with Crippen LogP contribution in [0.15, 0.2) is 47.4 Å². The van der Waals surface area contributed by atoms with E-state index in [0.717, 1.165) is 0 Å². The van der Waals surface area contributed by atoms with Crippen LogP contribution >= 0.6 is 11.6 Å². The Morgan fingerprint density at radius 3 is 2.65 bits per heavy atom. The zero-order valence-corrected chi connectivity index (χ0v) is 13.4. The number of hydrogen-bond acceptors (Lipinski definition) is 4. The van der Waals surface area contributed by atoms with Crippen LogP contribution in [0, 0.1) is 11.3 Å². The molecule has 0 radical (unpaired) electrons. The number of carbonyl (C=O) groups is 1. The molecule has 1 atom stereocenters. The lowest BCUT2D eigenvalue weighted by Crippen LogP contribution is -2.27. The van der Waals surface area contributed by atoms with E-state index in [4.69, 9.17) is 16.9 Å². The van der Waals surface area contributed by atoms with E-state index in [9.17, 15) is 13.2 Å². The molecule has 0 bridgehead atoms. The first-order valence-corrected chi connectivity index (χ1v) is 8.62. The minimum Gasteiger partial charge on any atom is -0.294 e. The molecule has 3 rings (SSSR count). The second-order valence-electron chi connectivity index (χ2n) is 5.15. The van der Waals surface area contributed by atoms with E-state index in [1.807, 2.05) is 6.07 Å². The maximum Gasteiger partial charge on any atom is 0.242 e. The number of benzene rings is 2. The summed E-state index contributed by atoms with van der Waals surface area (Å²) >= 11 is 5.97. The Morgan fingerprint density at radius 2 is 1.96 bits per heavy atom. The SMILES string of the molecule is N#Cc1ccc(S(=O)(=O)NC2CC(=O)c3ccccc32)c(Cl)c1. The molecule has 0 saturated heterocycles. The van der Waals surface area contributed by atoms with Gasteiger partial charge >= 0.3 is 0 Å². The lowest BCUT2D eigenvalue weighted by Gasteiger charge is -2.14. The van der Waals surface area contributed by atoms with E-state index in [2.05, 4.69) is 4.72 Å². The minimum atomic E-state index is -3.91. The summed E-state index contributed by atoms with van der Waals surface area (Å²) in [5, 5.41) is 8.78. The minimum absolute atomic E-state index is 0.0332. The van der Waals surface area contributed by atoms with E-state index in [-0.39, 0.29) is 27.7 Å². The molecule has 1 aliphatic rings. The molecule has 1 aliphatic carbocycles. The maximum atomic E-state index is 12.5. The highest BCUT2D eigenvalue weighted by Gasteiger charge is 2.32. The molecule has 1 N–H and O–H groups in total. The molecule has 1 unspecified atom stereocenters. The summed E-state index contributed by atoms with van der Waals surface area (Å²) in [4.78, 5) is 11.8. The normalized spacial score (nSPS) is 16.9. The van der Waals surface area contributed by atoms with E-state index >= 15 is 0 Å². The van der Waals surface area contributed by atoms with Crippen molar-refractivity contribution in [2.45, 2.75) is 17.4 Å². The van der Waals surface area contributed by atoms with Crippen LogP contribution in [0.3, 0.4) is 0 Å². The summed E-state index contributed by atoms with van der Waals surface area (Å²) in [7, 11) is -3.91. The van der Waals surface area contributed by atoms with E-state index in [1.165, 1.54) is 18.2 Å². The predicted molar refractivity (Wildman–Crippen MR) is 84.6 cm³/mol. The van der Waals surface area contributed by atoms with Gasteiger partial charge < -0.3 is 0 Å². The molecular formula is C16H11ClN2O3S. The van der Waals surface area contributed by atoms with Crippen molar-refractivity contribution >= 4 is 27.4 Å². The van der Waals surface area contributed by atoms with Crippen molar-refractivity contribution in [1.82, 2.24) is 4.72 Å². The molecule has 23 heavy (non-hydrogen) atoms. The standard InChI is InChI=1S/C16H11ClN2O3S/c17-13-7-10(9-18)5-6-16(13)23(21,22)19-14-8-15(20)12-4-2-1-3-11(12)14/h1-7,14,19H,8H2. The largest absolute Gasteiger partial charge is 0.294 e. The maximum absolute atomic E-state index is 12.5. The number of nitriles is 1. The van der Waals surface area contributed by atoms with E-state index in [0.29, 0.717) is 11.1 Å². The van der Waals surface area contributed by atoms with Crippen LogP contribution < -0.4 is 4.72 Å². The van der Waals surface area contributed by atoms with Gasteiger partial charge in [-0.15, -0.1) is 0 Å². The number of nitrogens with zero attached hydrogens (tertiary/aromatic N) is 1. The second kappa shape index (κ2) is 5.78. The second-order valence-corrected chi connectivity index (χ2v) is 7.24. The van der Waals surface area contributed by atoms with E-state index in [1.54, 1.807) is 24.3 Å². The van der Waals surface area contributed by atoms with Crippen molar-refractivity contribution in [3.05, 3.63) is 64.2 Å². The molecule has 7 heteroatoms. The van der Waals surface area contributed by atoms with Crippen molar-refractivity contribution in [3.63, 3.8) is 0 Å². The molecule has 0 saturated carbocycles. The predicted octanol–water partition coefficient (Wildman–Crippen LogP) is 2.82. The first-order chi connectivity index (χ1) is 10.9. The van der Waals surface area contributed by atoms with Gasteiger partial charge in [0.1, 0.15) is 4.90 Å². The number of sulfonamides is 1. The average molecular weight is 347 g/mol. The summed E-state index contributed by atoms with van der Waals surface area (Å²) < 4.78 is 27.6. The number of ketones is 1. The first kappa shape index (κ1) is 15.7. The van der Waals surface area contributed by atoms with Gasteiger partial charge in [0.15, 0.2) is 5.78 Å². The molecule has 0 spiro atoms. The molecular weight excluding hydrogens is 336 g/mol. The summed E-state index contributed by atoms with van der Waals surface area (Å²) in [5.41, 5.74) is 1.47. The van der Waals surface area contributed by atoms with Crippen molar-refractivity contribution in [2.24, 2.45) is 0 Å². The summed E-state index contributed by atoms with van der Waals surface area (Å²) in [6, 6.07) is 12.2. The summed E-state index contributed by atoms with van der Waals surface area (Å²) in [5.74, 6) is -0.0979. The van der Waals surface area contributed by atoms with Gasteiger partial charge in [-0.05, 0) is 23.8 Å². The monoisotopic (exact) mass is 346 g/mol. The van der Waals surface area contributed by atoms with Gasteiger partial charge in [0.2, 0.25) is 10.0 Å². The molecule has 0 amide bonds. The molecule has 0 aliphatic heterocycles. The highest BCUT2D eigenvalue weighted by atomic mass is 35.5. The van der Waals surface area contributed by atoms with Gasteiger partial charge in [0.25, 0.3) is 0 Å². The Labute approximate surface area is 138 Å². The highest BCUT2D eigenvalue weighted by Crippen LogP contribution is 2.33. The fourth-order valence-corrected chi connectivity index (χ4v) is 4.36. The van der Waals surface area contributed by atoms with Gasteiger partial charge in [-0.2, -0.15) is 5.26 Å². The van der Waals surface area contributed by atoms with Crippen molar-refractivity contribution in [2.75, 3.05) is 0 Å². The first-order valence-electron chi connectivity index (χ1n) is 6.76. The molecule has 0 heterocycles. The third-order valence-corrected chi connectivity index (χ3v) is 5.63. The zero-order chi connectivity index (χ0) is 16.6. The van der Waals surface area contributed by atoms with Gasteiger partial charge in [-0.25, -0.2) is 13.1 Å². The van der Waals surface area contributed by atoms with Crippen molar-refractivity contribution in [3.8, 4) is 6.07 Å². The van der Waals surface area contributed by atoms with Crippen LogP contribution in [0.2, 0.25) is 5.02 Å². The fraction of sp³-hybridized carbons (Fsp3) is 0.125. The quantitative estimate of drug-likeness (QED) is 0.925. The lowest BCUT2D eigenvalue weighted by atomic mass is 10.1. The van der Waals surface area contributed by atoms with Crippen LogP contribution in [0.25, 0.3) is 0 Å². The molecule has 0 fully saturated rings. The Balaban J connectivity index is 1.94. The van der Waals surface area contributed by atoms with E-state index < -0.39 is 16.1 Å². The lowest BCUT2D eigenvalue weighted by molar-refractivity contribution is 0.0988. The number of nitrogens with one attached hydrogen (secondary N) is 1. The van der Waals surface area contributed by atoms with Gasteiger partial charge in [-0.3, -0.25) is 4.79 Å². The Hall–Kier alpha value is -2.20. The zero-order valence-electron chi connectivity index (χ0n) is 11.8. The van der Waals surface area contributed by atoms with Gasteiger partial charge in [0, 0.05) is 12.0 Å². The molecule has 2 aromatic rings. The number of rotatable bonds is 3. The van der Waals surface area contributed by atoms with Crippen molar-refractivity contribution in [1.29, 1.82) is 5.26 Å². The average Bonchev–Trinajstić information content (AvgIpc) is 2.83. The van der Waals surface area contributed by atoms with Crippen LogP contribution in [0.1, 0.15) is 33.9 Å². The topological polar surface area (TPSA) is 87.0 Å². The smallest absolute Gasteiger partial charge is 0.242 e. The third-order valence-electron chi connectivity index (χ3n) is 3.67. The Kier molecular flexibility index (Phi) is 3.94. The van der Waals surface area contributed by atoms with Gasteiger partial charge in [-0.1, -0.05) is 35.9 Å². The summed E-state index contributed by atoms with van der Waals surface area (Å²) in [6.45, 7) is 0. The van der Waals surface area contributed by atoms with Crippen molar-refractivity contribution < 1.29 is 13.2 Å². The molecule has 116 valence electrons. The highest BCUT2D eigenvalue weighted by molar-refractivity contribution is 7.89. The number of Topliss-reactive ketones (excluding diaryl/α,β-unsaturated/α-hetero) is 1. The van der Waals surface area contributed by atoms with Crippen LogP contribution in [-0.2, 0) is 10.0 Å². The Bertz CT molecular complexity index is 948. The number of hydrogen-bond donors (Lipinski definition) is 1. The molecule has 5 nitrogen and oxygen atoms in total. The van der Waals surface area contributed by atoms with Crippen LogP contribution in [0.5, 0.6) is 0 Å². The summed E-state index contributed by atoms with van der Waals surface area (Å²) in [6.07, 6.45) is 0.0759. The molecule has 0 aromatic heterocycles. The van der Waals surface area contributed by atoms with Crippen LogP contribution in [-0.4, -0.2) is 14.2 Å². The number of carbonyl (C=O) groups excluding carboxylic acids is 1. The third kappa shape index (κ3) is 2.86. The number of halogens is 1. The van der Waals surface area contributed by atoms with Gasteiger partial charge in [0.05, 0.1) is 22.7 Å². The fourth-order valence-electron chi connectivity index (χ4n) is 2.60. The van der Waals surface area contributed by atoms with Crippen LogP contribution in [0.4, 0.5) is 0 Å².